The minimum Gasteiger partial charge on any atom is -0.381 e. The van der Waals surface area contributed by atoms with E-state index in [9.17, 15) is 0 Å². The Bertz CT molecular complexity index is 360. The van der Waals surface area contributed by atoms with Crippen LogP contribution in [0.15, 0.2) is 30.3 Å². The quantitative estimate of drug-likeness (QED) is 0.851. The molecule has 1 aromatic carbocycles. The van der Waals surface area contributed by atoms with E-state index in [-0.39, 0.29) is 0 Å². The Morgan fingerprint density at radius 2 is 2.05 bits per heavy atom. The number of rotatable bonds is 6. The molecular formula is C16H26N2O. The second-order valence-electron chi connectivity index (χ2n) is 5.71. The largest absolute Gasteiger partial charge is 0.381 e. The maximum atomic E-state index is 5.47. The van der Waals surface area contributed by atoms with Crippen LogP contribution in [0.1, 0.15) is 24.9 Å². The van der Waals surface area contributed by atoms with Gasteiger partial charge in [-0.2, -0.15) is 0 Å². The summed E-state index contributed by atoms with van der Waals surface area (Å²) in [6, 6.07) is 11.6. The Kier molecular flexibility index (Phi) is 5.37. The number of hydrogen-bond donors (Lipinski definition) is 1. The topological polar surface area (TPSA) is 24.5 Å². The van der Waals surface area contributed by atoms with Gasteiger partial charge in [-0.25, -0.2) is 0 Å². The predicted molar refractivity (Wildman–Crippen MR) is 79.3 cm³/mol. The molecule has 1 fully saturated rings. The highest BCUT2D eigenvalue weighted by atomic mass is 16.5. The first-order chi connectivity index (χ1) is 9.18. The molecule has 0 spiro atoms. The average molecular weight is 262 g/mol. The highest BCUT2D eigenvalue weighted by Gasteiger charge is 2.23. The van der Waals surface area contributed by atoms with Gasteiger partial charge in [0, 0.05) is 25.2 Å². The van der Waals surface area contributed by atoms with E-state index in [2.05, 4.69) is 61.6 Å². The Hall–Kier alpha value is -0.900. The van der Waals surface area contributed by atoms with Crippen molar-refractivity contribution < 1.29 is 4.74 Å². The summed E-state index contributed by atoms with van der Waals surface area (Å²) in [4.78, 5) is 2.28. The molecule has 0 radical (unpaired) electrons. The van der Waals surface area contributed by atoms with E-state index >= 15 is 0 Å². The lowest BCUT2D eigenvalue weighted by Crippen LogP contribution is -2.39. The lowest BCUT2D eigenvalue weighted by Gasteiger charge is -2.28. The molecule has 2 rings (SSSR count). The molecule has 1 N–H and O–H groups in total. The molecule has 1 aliphatic rings. The first kappa shape index (κ1) is 14.5. The fraction of sp³-hybridized carbons (Fsp3) is 0.625. The number of likely N-dealkylation sites (N-methyl/N-ethyl adjacent to an activating group) is 1. The molecule has 1 saturated heterocycles. The van der Waals surface area contributed by atoms with E-state index in [0.29, 0.717) is 18.0 Å². The minimum absolute atomic E-state index is 0.422. The van der Waals surface area contributed by atoms with Crippen LogP contribution < -0.4 is 5.32 Å². The Labute approximate surface area is 116 Å². The van der Waals surface area contributed by atoms with Crippen molar-refractivity contribution in [1.82, 2.24) is 10.2 Å². The van der Waals surface area contributed by atoms with E-state index < -0.39 is 0 Å². The van der Waals surface area contributed by atoms with Crippen LogP contribution in [-0.4, -0.2) is 44.8 Å². The Balaban J connectivity index is 1.90. The van der Waals surface area contributed by atoms with E-state index in [1.165, 1.54) is 12.0 Å². The highest BCUT2D eigenvalue weighted by Crippen LogP contribution is 2.20. The van der Waals surface area contributed by atoms with Crippen LogP contribution in [0, 0.1) is 5.92 Å². The summed E-state index contributed by atoms with van der Waals surface area (Å²) in [6.45, 7) is 5.09. The summed E-state index contributed by atoms with van der Waals surface area (Å²) < 4.78 is 5.47. The van der Waals surface area contributed by atoms with E-state index in [1.54, 1.807) is 0 Å². The molecule has 106 valence electrons. The predicted octanol–water partition coefficient (Wildman–Crippen LogP) is 2.30. The van der Waals surface area contributed by atoms with E-state index in [4.69, 9.17) is 4.74 Å². The summed E-state index contributed by atoms with van der Waals surface area (Å²) >= 11 is 0. The number of ether oxygens (including phenoxy) is 1. The monoisotopic (exact) mass is 262 g/mol. The Morgan fingerprint density at radius 1 is 1.32 bits per heavy atom. The van der Waals surface area contributed by atoms with Crippen LogP contribution in [0.3, 0.4) is 0 Å². The number of nitrogens with zero attached hydrogens (tertiary/aromatic N) is 1. The molecule has 1 aliphatic heterocycles. The van der Waals surface area contributed by atoms with Crippen LogP contribution in [0.2, 0.25) is 0 Å². The molecule has 1 heterocycles. The third-order valence-electron chi connectivity index (χ3n) is 4.11. The lowest BCUT2D eigenvalue weighted by atomic mass is 9.99. The van der Waals surface area contributed by atoms with Gasteiger partial charge in [-0.05, 0) is 38.9 Å². The second kappa shape index (κ2) is 7.04. The van der Waals surface area contributed by atoms with Gasteiger partial charge in [0.25, 0.3) is 0 Å². The zero-order chi connectivity index (χ0) is 13.7. The third kappa shape index (κ3) is 4.03. The highest BCUT2D eigenvalue weighted by molar-refractivity contribution is 5.19. The molecule has 0 amide bonds. The van der Waals surface area contributed by atoms with Crippen LogP contribution in [-0.2, 0) is 4.74 Å². The van der Waals surface area contributed by atoms with Crippen molar-refractivity contribution in [2.45, 2.75) is 25.4 Å². The fourth-order valence-corrected chi connectivity index (χ4v) is 2.69. The molecule has 0 bridgehead atoms. The number of benzene rings is 1. The summed E-state index contributed by atoms with van der Waals surface area (Å²) in [6.07, 6.45) is 1.19. The first-order valence-corrected chi connectivity index (χ1v) is 7.21. The molecule has 0 saturated carbocycles. The maximum Gasteiger partial charge on any atom is 0.0509 e. The molecule has 3 heteroatoms. The van der Waals surface area contributed by atoms with E-state index in [0.717, 1.165) is 19.8 Å². The normalized spacial score (nSPS) is 22.6. The van der Waals surface area contributed by atoms with Crippen molar-refractivity contribution in [3.63, 3.8) is 0 Å². The van der Waals surface area contributed by atoms with Crippen LogP contribution in [0.4, 0.5) is 0 Å². The van der Waals surface area contributed by atoms with Gasteiger partial charge in [0.2, 0.25) is 0 Å². The SMILES string of the molecule is CC(NCC(c1ccccc1)N(C)C)C1CCOC1. The van der Waals surface area contributed by atoms with Gasteiger partial charge in [-0.15, -0.1) is 0 Å². The molecule has 3 unspecified atom stereocenters. The zero-order valence-corrected chi connectivity index (χ0v) is 12.3. The molecule has 1 aromatic rings. The zero-order valence-electron chi connectivity index (χ0n) is 12.3. The summed E-state index contributed by atoms with van der Waals surface area (Å²) in [5.74, 6) is 0.665. The molecule has 3 atom stereocenters. The van der Waals surface area contributed by atoms with Crippen molar-refractivity contribution in [3.05, 3.63) is 35.9 Å². The Morgan fingerprint density at radius 3 is 2.63 bits per heavy atom. The van der Waals surface area contributed by atoms with Gasteiger partial charge in [-0.1, -0.05) is 30.3 Å². The second-order valence-corrected chi connectivity index (χ2v) is 5.71. The van der Waals surface area contributed by atoms with Crippen LogP contribution >= 0.6 is 0 Å². The fourth-order valence-electron chi connectivity index (χ4n) is 2.69. The summed E-state index contributed by atoms with van der Waals surface area (Å²) in [5.41, 5.74) is 1.37. The van der Waals surface area contributed by atoms with E-state index in [1.807, 2.05) is 0 Å². The van der Waals surface area contributed by atoms with Gasteiger partial charge < -0.3 is 15.0 Å². The summed E-state index contributed by atoms with van der Waals surface area (Å²) in [7, 11) is 4.28. The smallest absolute Gasteiger partial charge is 0.0509 e. The first-order valence-electron chi connectivity index (χ1n) is 7.21. The molecule has 0 aliphatic carbocycles. The molecular weight excluding hydrogens is 236 g/mol. The van der Waals surface area contributed by atoms with Gasteiger partial charge >= 0.3 is 0 Å². The van der Waals surface area contributed by atoms with Crippen molar-refractivity contribution in [2.24, 2.45) is 5.92 Å². The van der Waals surface area contributed by atoms with Crippen LogP contribution in [0.5, 0.6) is 0 Å². The van der Waals surface area contributed by atoms with Crippen molar-refractivity contribution >= 4 is 0 Å². The average Bonchev–Trinajstić information content (AvgIpc) is 2.93. The molecule has 3 nitrogen and oxygen atoms in total. The third-order valence-corrected chi connectivity index (χ3v) is 4.11. The maximum absolute atomic E-state index is 5.47. The standard InChI is InChI=1S/C16H26N2O/c1-13(15-9-10-19-12-15)17-11-16(18(2)3)14-7-5-4-6-8-14/h4-8,13,15-17H,9-12H2,1-3H3. The molecule has 0 aromatic heterocycles. The lowest BCUT2D eigenvalue weighted by molar-refractivity contribution is 0.176. The summed E-state index contributed by atoms with van der Waals surface area (Å²) in [5, 5.41) is 3.68. The van der Waals surface area contributed by atoms with Gasteiger partial charge in [0.15, 0.2) is 0 Å². The number of hydrogen-bond acceptors (Lipinski definition) is 3. The van der Waals surface area contributed by atoms with Crippen molar-refractivity contribution in [1.29, 1.82) is 0 Å². The van der Waals surface area contributed by atoms with Gasteiger partial charge in [-0.3, -0.25) is 0 Å². The molecule has 19 heavy (non-hydrogen) atoms. The minimum atomic E-state index is 0.422. The van der Waals surface area contributed by atoms with Crippen molar-refractivity contribution in [2.75, 3.05) is 33.9 Å². The van der Waals surface area contributed by atoms with Crippen molar-refractivity contribution in [3.8, 4) is 0 Å². The van der Waals surface area contributed by atoms with Crippen LogP contribution in [0.25, 0.3) is 0 Å². The number of nitrogens with one attached hydrogen (secondary N) is 1. The van der Waals surface area contributed by atoms with Gasteiger partial charge in [0.1, 0.15) is 0 Å². The van der Waals surface area contributed by atoms with Gasteiger partial charge in [0.05, 0.1) is 6.61 Å².